The maximum absolute atomic E-state index is 5.72. The summed E-state index contributed by atoms with van der Waals surface area (Å²) < 4.78 is 5.72. The van der Waals surface area contributed by atoms with Crippen molar-refractivity contribution in [3.63, 3.8) is 0 Å². The molecule has 0 aromatic heterocycles. The number of hydrogen-bond donors (Lipinski definition) is 1. The molecule has 2 atom stereocenters. The molecule has 1 aliphatic carbocycles. The molecule has 0 radical (unpaired) electrons. The number of ether oxygens (including phenoxy) is 1. The fourth-order valence-corrected chi connectivity index (χ4v) is 4.16. The fraction of sp³-hybridized carbons (Fsp3) is 1.00. The summed E-state index contributed by atoms with van der Waals surface area (Å²) in [5.41, 5.74) is 0.448. The lowest BCUT2D eigenvalue weighted by molar-refractivity contribution is -0.0305. The molecule has 0 aromatic carbocycles. The van der Waals surface area contributed by atoms with Crippen molar-refractivity contribution in [2.45, 2.75) is 69.5 Å². The Balaban J connectivity index is 1.70. The quantitative estimate of drug-likeness (QED) is 0.815. The van der Waals surface area contributed by atoms with Crippen LogP contribution in [0.15, 0.2) is 0 Å². The van der Waals surface area contributed by atoms with Crippen molar-refractivity contribution in [3.05, 3.63) is 0 Å². The average Bonchev–Trinajstić information content (AvgIpc) is 2.88. The van der Waals surface area contributed by atoms with Crippen LogP contribution >= 0.6 is 0 Å². The topological polar surface area (TPSA) is 24.5 Å². The maximum Gasteiger partial charge on any atom is 0.0621 e. The normalized spacial score (nSPS) is 37.2. The van der Waals surface area contributed by atoms with Crippen LogP contribution < -0.4 is 5.32 Å². The summed E-state index contributed by atoms with van der Waals surface area (Å²) in [6, 6.07) is 1.41. The van der Waals surface area contributed by atoms with Crippen LogP contribution in [-0.2, 0) is 4.74 Å². The van der Waals surface area contributed by atoms with E-state index in [2.05, 4.69) is 17.1 Å². The van der Waals surface area contributed by atoms with E-state index < -0.39 is 0 Å². The molecule has 3 fully saturated rings. The van der Waals surface area contributed by atoms with Gasteiger partial charge in [-0.05, 0) is 32.1 Å². The molecule has 1 N–H and O–H groups in total. The largest absolute Gasteiger partial charge is 0.380 e. The smallest absolute Gasteiger partial charge is 0.0621 e. The van der Waals surface area contributed by atoms with Crippen molar-refractivity contribution >= 4 is 0 Å². The van der Waals surface area contributed by atoms with Gasteiger partial charge in [0.25, 0.3) is 0 Å². The van der Waals surface area contributed by atoms with E-state index in [-0.39, 0.29) is 0 Å². The van der Waals surface area contributed by atoms with Crippen LogP contribution in [0, 0.1) is 0 Å². The number of piperazine rings is 1. The minimum atomic E-state index is 0.448. The monoisotopic (exact) mass is 252 g/mol. The van der Waals surface area contributed by atoms with Gasteiger partial charge in [-0.25, -0.2) is 0 Å². The lowest BCUT2D eigenvalue weighted by Gasteiger charge is -2.50. The van der Waals surface area contributed by atoms with Crippen molar-refractivity contribution < 1.29 is 4.74 Å². The summed E-state index contributed by atoms with van der Waals surface area (Å²) in [4.78, 5) is 2.79. The Morgan fingerprint density at radius 3 is 2.78 bits per heavy atom. The Bertz CT molecular complexity index is 270. The molecule has 3 rings (SSSR count). The second kappa shape index (κ2) is 5.48. The molecule has 104 valence electrons. The zero-order valence-corrected chi connectivity index (χ0v) is 11.8. The van der Waals surface area contributed by atoms with Gasteiger partial charge in [-0.1, -0.05) is 19.8 Å². The van der Waals surface area contributed by atoms with Gasteiger partial charge >= 0.3 is 0 Å². The molecular formula is C15H28N2O. The predicted molar refractivity (Wildman–Crippen MR) is 73.8 cm³/mol. The van der Waals surface area contributed by atoms with Crippen molar-refractivity contribution in [2.24, 2.45) is 0 Å². The van der Waals surface area contributed by atoms with Gasteiger partial charge in [0.1, 0.15) is 0 Å². The third-order valence-corrected chi connectivity index (χ3v) is 5.30. The van der Waals surface area contributed by atoms with Crippen LogP contribution in [-0.4, -0.2) is 48.8 Å². The highest BCUT2D eigenvalue weighted by atomic mass is 16.5. The van der Waals surface area contributed by atoms with Crippen molar-refractivity contribution in [1.82, 2.24) is 10.2 Å². The van der Waals surface area contributed by atoms with Gasteiger partial charge in [-0.15, -0.1) is 0 Å². The lowest BCUT2D eigenvalue weighted by Crippen LogP contribution is -2.66. The Kier molecular flexibility index (Phi) is 3.92. The van der Waals surface area contributed by atoms with Gasteiger partial charge in [0.05, 0.1) is 6.61 Å². The summed E-state index contributed by atoms with van der Waals surface area (Å²) >= 11 is 0. The van der Waals surface area contributed by atoms with Crippen LogP contribution in [0.25, 0.3) is 0 Å². The summed E-state index contributed by atoms with van der Waals surface area (Å²) in [6.45, 7) is 6.72. The van der Waals surface area contributed by atoms with E-state index in [0.717, 1.165) is 19.3 Å². The van der Waals surface area contributed by atoms with Gasteiger partial charge in [0.2, 0.25) is 0 Å². The van der Waals surface area contributed by atoms with Crippen LogP contribution in [0.1, 0.15) is 51.9 Å². The number of rotatable bonds is 2. The summed E-state index contributed by atoms with van der Waals surface area (Å²) in [5, 5.41) is 3.88. The van der Waals surface area contributed by atoms with E-state index in [1.165, 1.54) is 58.0 Å². The molecule has 18 heavy (non-hydrogen) atoms. The van der Waals surface area contributed by atoms with E-state index in [1.54, 1.807) is 0 Å². The second-order valence-corrected chi connectivity index (χ2v) is 6.47. The number of hydrogen-bond acceptors (Lipinski definition) is 3. The van der Waals surface area contributed by atoms with Crippen LogP contribution in [0.2, 0.25) is 0 Å². The standard InChI is InChI=1S/C15H28N2O/c1-2-13-10-16-15(7-3-4-8-15)12-17(13)14-6-5-9-18-11-14/h13-14,16H,2-12H2,1H3. The predicted octanol–water partition coefficient (Wildman–Crippen LogP) is 2.16. The lowest BCUT2D eigenvalue weighted by atomic mass is 9.89. The third-order valence-electron chi connectivity index (χ3n) is 5.30. The minimum absolute atomic E-state index is 0.448. The van der Waals surface area contributed by atoms with E-state index in [0.29, 0.717) is 11.6 Å². The van der Waals surface area contributed by atoms with E-state index in [4.69, 9.17) is 4.74 Å². The minimum Gasteiger partial charge on any atom is -0.380 e. The van der Waals surface area contributed by atoms with Gasteiger partial charge < -0.3 is 10.1 Å². The second-order valence-electron chi connectivity index (χ2n) is 6.47. The SMILES string of the molecule is CCC1CNC2(CCCC2)CN1C1CCCOC1. The van der Waals surface area contributed by atoms with Crippen molar-refractivity contribution in [2.75, 3.05) is 26.3 Å². The first-order valence-electron chi connectivity index (χ1n) is 7.91. The Morgan fingerprint density at radius 1 is 1.28 bits per heavy atom. The third kappa shape index (κ3) is 2.45. The van der Waals surface area contributed by atoms with Gasteiger partial charge in [-0.3, -0.25) is 4.90 Å². The van der Waals surface area contributed by atoms with Gasteiger partial charge in [-0.2, -0.15) is 0 Å². The molecule has 1 saturated carbocycles. The average molecular weight is 252 g/mol. The molecule has 0 bridgehead atoms. The zero-order chi connectivity index (χ0) is 12.4. The first-order chi connectivity index (χ1) is 8.83. The summed E-state index contributed by atoms with van der Waals surface area (Å²) in [6.07, 6.45) is 9.45. The van der Waals surface area contributed by atoms with Gasteiger partial charge in [0.15, 0.2) is 0 Å². The molecule has 2 heterocycles. The van der Waals surface area contributed by atoms with E-state index >= 15 is 0 Å². The maximum atomic E-state index is 5.72. The Labute approximate surface area is 111 Å². The molecule has 2 unspecified atom stereocenters. The first kappa shape index (κ1) is 12.9. The molecular weight excluding hydrogens is 224 g/mol. The highest BCUT2D eigenvalue weighted by Crippen LogP contribution is 2.35. The Hall–Kier alpha value is -0.120. The van der Waals surface area contributed by atoms with E-state index in [9.17, 15) is 0 Å². The molecule has 2 aliphatic heterocycles. The van der Waals surface area contributed by atoms with Crippen molar-refractivity contribution in [3.8, 4) is 0 Å². The Morgan fingerprint density at radius 2 is 2.11 bits per heavy atom. The summed E-state index contributed by atoms with van der Waals surface area (Å²) in [5.74, 6) is 0. The number of nitrogens with one attached hydrogen (secondary N) is 1. The highest BCUT2D eigenvalue weighted by molar-refractivity contribution is 5.02. The molecule has 0 amide bonds. The zero-order valence-electron chi connectivity index (χ0n) is 11.8. The molecule has 3 nitrogen and oxygen atoms in total. The molecule has 1 spiro atoms. The van der Waals surface area contributed by atoms with Crippen molar-refractivity contribution in [1.29, 1.82) is 0 Å². The van der Waals surface area contributed by atoms with E-state index in [1.807, 2.05) is 0 Å². The summed E-state index contributed by atoms with van der Waals surface area (Å²) in [7, 11) is 0. The highest BCUT2D eigenvalue weighted by Gasteiger charge is 2.42. The fourth-order valence-electron chi connectivity index (χ4n) is 4.16. The van der Waals surface area contributed by atoms with Crippen LogP contribution in [0.5, 0.6) is 0 Å². The van der Waals surface area contributed by atoms with Crippen LogP contribution in [0.3, 0.4) is 0 Å². The molecule has 0 aromatic rings. The molecule has 3 aliphatic rings. The van der Waals surface area contributed by atoms with Gasteiger partial charge in [0, 0.05) is 37.3 Å². The molecule has 2 saturated heterocycles. The van der Waals surface area contributed by atoms with Crippen LogP contribution in [0.4, 0.5) is 0 Å². The first-order valence-corrected chi connectivity index (χ1v) is 7.91. The number of nitrogens with zero attached hydrogens (tertiary/aromatic N) is 1. The molecule has 3 heteroatoms.